The fourth-order valence-corrected chi connectivity index (χ4v) is 1.79. The van der Waals surface area contributed by atoms with Gasteiger partial charge in [-0.15, -0.1) is 0 Å². The van der Waals surface area contributed by atoms with Gasteiger partial charge in [0.25, 0.3) is 5.91 Å². The first kappa shape index (κ1) is 10.1. The molecule has 15 heavy (non-hydrogen) atoms. The molecule has 0 aliphatic carbocycles. The van der Waals surface area contributed by atoms with Crippen molar-refractivity contribution in [3.05, 3.63) is 35.0 Å². The van der Waals surface area contributed by atoms with Crippen LogP contribution in [0.1, 0.15) is 5.56 Å². The number of hydrogen-bond donors (Lipinski definition) is 1. The average molecular weight is 223 g/mol. The van der Waals surface area contributed by atoms with Crippen molar-refractivity contribution in [3.63, 3.8) is 0 Å². The van der Waals surface area contributed by atoms with Crippen LogP contribution < -0.4 is 5.32 Å². The summed E-state index contributed by atoms with van der Waals surface area (Å²) >= 11 is 5.98. The van der Waals surface area contributed by atoms with Gasteiger partial charge < -0.3 is 10.2 Å². The lowest BCUT2D eigenvalue weighted by Gasteiger charge is -2.06. The van der Waals surface area contributed by atoms with E-state index in [-0.39, 0.29) is 5.91 Å². The SMILES string of the molecule is CN(C)C=C1C(=O)Nc2c(Cl)cccc21. The third-order valence-electron chi connectivity index (χ3n) is 2.17. The summed E-state index contributed by atoms with van der Waals surface area (Å²) in [6, 6.07) is 5.48. The fourth-order valence-electron chi connectivity index (χ4n) is 1.57. The molecule has 1 aliphatic heterocycles. The van der Waals surface area contributed by atoms with E-state index < -0.39 is 0 Å². The van der Waals surface area contributed by atoms with Crippen molar-refractivity contribution >= 4 is 28.8 Å². The molecule has 0 fully saturated rings. The van der Waals surface area contributed by atoms with Crippen LogP contribution >= 0.6 is 11.6 Å². The molecule has 0 saturated heterocycles. The van der Waals surface area contributed by atoms with E-state index in [4.69, 9.17) is 11.6 Å². The number of hydrogen-bond acceptors (Lipinski definition) is 2. The first-order valence-electron chi connectivity index (χ1n) is 4.58. The molecular formula is C11H11ClN2O. The molecule has 1 N–H and O–H groups in total. The van der Waals surface area contributed by atoms with Gasteiger partial charge in [-0.3, -0.25) is 4.79 Å². The highest BCUT2D eigenvalue weighted by Crippen LogP contribution is 2.36. The van der Waals surface area contributed by atoms with Gasteiger partial charge in [0.1, 0.15) is 0 Å². The Morgan fingerprint density at radius 1 is 1.40 bits per heavy atom. The summed E-state index contributed by atoms with van der Waals surface area (Å²) in [6.07, 6.45) is 1.79. The highest BCUT2D eigenvalue weighted by Gasteiger charge is 2.25. The van der Waals surface area contributed by atoms with Crippen molar-refractivity contribution < 1.29 is 4.79 Å². The zero-order chi connectivity index (χ0) is 11.0. The summed E-state index contributed by atoms with van der Waals surface area (Å²) in [6.45, 7) is 0. The molecule has 1 amide bonds. The lowest BCUT2D eigenvalue weighted by atomic mass is 10.1. The standard InChI is InChI=1S/C11H11ClN2O/c1-14(2)6-8-7-4-3-5-9(12)10(7)13-11(8)15/h3-6H,1-2H3,(H,13,15). The Hall–Kier alpha value is -1.48. The third kappa shape index (κ3) is 1.70. The predicted molar refractivity (Wildman–Crippen MR) is 61.7 cm³/mol. The molecule has 0 radical (unpaired) electrons. The molecule has 1 heterocycles. The van der Waals surface area contributed by atoms with Crippen molar-refractivity contribution in [1.29, 1.82) is 0 Å². The topological polar surface area (TPSA) is 32.3 Å². The lowest BCUT2D eigenvalue weighted by molar-refractivity contribution is -0.110. The average Bonchev–Trinajstić information content (AvgIpc) is 2.45. The molecule has 4 heteroatoms. The minimum Gasteiger partial charge on any atom is -0.383 e. The van der Waals surface area contributed by atoms with Crippen molar-refractivity contribution in [2.24, 2.45) is 0 Å². The van der Waals surface area contributed by atoms with E-state index in [0.29, 0.717) is 16.3 Å². The van der Waals surface area contributed by atoms with E-state index in [0.717, 1.165) is 5.56 Å². The van der Waals surface area contributed by atoms with E-state index in [2.05, 4.69) is 5.32 Å². The minimum absolute atomic E-state index is 0.105. The number of carbonyl (C=O) groups is 1. The summed E-state index contributed by atoms with van der Waals surface area (Å²) in [5.74, 6) is -0.105. The van der Waals surface area contributed by atoms with E-state index in [1.54, 1.807) is 12.3 Å². The number of halogens is 1. The van der Waals surface area contributed by atoms with Crippen molar-refractivity contribution in [1.82, 2.24) is 4.90 Å². The second kappa shape index (κ2) is 3.59. The number of benzene rings is 1. The molecule has 1 aromatic carbocycles. The van der Waals surface area contributed by atoms with Crippen molar-refractivity contribution in [2.45, 2.75) is 0 Å². The van der Waals surface area contributed by atoms with Gasteiger partial charge in [-0.1, -0.05) is 23.7 Å². The Bertz CT molecular complexity index is 452. The summed E-state index contributed by atoms with van der Waals surface area (Å²) in [5.41, 5.74) is 2.22. The fraction of sp³-hybridized carbons (Fsp3) is 0.182. The van der Waals surface area contributed by atoms with Gasteiger partial charge in [0.2, 0.25) is 0 Å². The van der Waals surface area contributed by atoms with Gasteiger partial charge in [0.15, 0.2) is 0 Å². The highest BCUT2D eigenvalue weighted by atomic mass is 35.5. The molecule has 0 spiro atoms. The molecule has 0 saturated carbocycles. The summed E-state index contributed by atoms with van der Waals surface area (Å²) < 4.78 is 0. The van der Waals surface area contributed by atoms with Crippen LogP contribution in [0.15, 0.2) is 24.4 Å². The van der Waals surface area contributed by atoms with Gasteiger partial charge in [0.05, 0.1) is 16.3 Å². The van der Waals surface area contributed by atoms with Crippen LogP contribution in [0.2, 0.25) is 5.02 Å². The Labute approximate surface area is 93.3 Å². The Morgan fingerprint density at radius 3 is 2.80 bits per heavy atom. The molecule has 0 aromatic heterocycles. The molecular weight excluding hydrogens is 212 g/mol. The zero-order valence-corrected chi connectivity index (χ0v) is 9.30. The number of anilines is 1. The largest absolute Gasteiger partial charge is 0.383 e. The Balaban J connectivity index is 2.56. The summed E-state index contributed by atoms with van der Waals surface area (Å²) in [4.78, 5) is 13.5. The zero-order valence-electron chi connectivity index (χ0n) is 8.54. The number of rotatable bonds is 1. The summed E-state index contributed by atoms with van der Waals surface area (Å²) in [5, 5.41) is 3.33. The van der Waals surface area contributed by atoms with E-state index in [9.17, 15) is 4.79 Å². The molecule has 0 bridgehead atoms. The molecule has 0 unspecified atom stereocenters. The van der Waals surface area contributed by atoms with E-state index >= 15 is 0 Å². The third-order valence-corrected chi connectivity index (χ3v) is 2.49. The van der Waals surface area contributed by atoms with Crippen LogP contribution in [0, 0.1) is 0 Å². The Morgan fingerprint density at radius 2 is 2.13 bits per heavy atom. The van der Waals surface area contributed by atoms with Gasteiger partial charge >= 0.3 is 0 Å². The molecule has 78 valence electrons. The van der Waals surface area contributed by atoms with Crippen molar-refractivity contribution in [2.75, 3.05) is 19.4 Å². The lowest BCUT2D eigenvalue weighted by Crippen LogP contribution is -2.08. The normalized spacial score (nSPS) is 16.5. The monoisotopic (exact) mass is 222 g/mol. The number of carbonyl (C=O) groups excluding carboxylic acids is 1. The number of amides is 1. The van der Waals surface area contributed by atoms with Crippen LogP contribution in [0.25, 0.3) is 5.57 Å². The highest BCUT2D eigenvalue weighted by molar-refractivity contribution is 6.39. The van der Waals surface area contributed by atoms with Gasteiger partial charge in [-0.25, -0.2) is 0 Å². The van der Waals surface area contributed by atoms with Crippen LogP contribution in [-0.2, 0) is 4.79 Å². The molecule has 1 aromatic rings. The maximum absolute atomic E-state index is 11.7. The first-order valence-corrected chi connectivity index (χ1v) is 4.96. The first-order chi connectivity index (χ1) is 7.09. The number of nitrogens with one attached hydrogen (secondary N) is 1. The van der Waals surface area contributed by atoms with E-state index in [1.807, 2.05) is 31.1 Å². The molecule has 3 nitrogen and oxygen atoms in total. The van der Waals surface area contributed by atoms with Gasteiger partial charge in [-0.2, -0.15) is 0 Å². The van der Waals surface area contributed by atoms with Crippen LogP contribution in [0.3, 0.4) is 0 Å². The maximum atomic E-state index is 11.7. The summed E-state index contributed by atoms with van der Waals surface area (Å²) in [7, 11) is 3.76. The quantitative estimate of drug-likeness (QED) is 0.739. The van der Waals surface area contributed by atoms with Crippen LogP contribution in [-0.4, -0.2) is 24.9 Å². The maximum Gasteiger partial charge on any atom is 0.257 e. The molecule has 2 rings (SSSR count). The molecule has 1 aliphatic rings. The van der Waals surface area contributed by atoms with Gasteiger partial charge in [-0.05, 0) is 6.07 Å². The Kier molecular flexibility index (Phi) is 2.40. The number of fused-ring (bicyclic) bond motifs is 1. The number of para-hydroxylation sites is 1. The second-order valence-electron chi connectivity index (χ2n) is 3.62. The smallest absolute Gasteiger partial charge is 0.257 e. The van der Waals surface area contributed by atoms with Gasteiger partial charge in [0, 0.05) is 25.9 Å². The van der Waals surface area contributed by atoms with E-state index in [1.165, 1.54) is 0 Å². The number of nitrogens with zero attached hydrogens (tertiary/aromatic N) is 1. The van der Waals surface area contributed by atoms with Crippen LogP contribution in [0.5, 0.6) is 0 Å². The predicted octanol–water partition coefficient (Wildman–Crippen LogP) is 2.19. The minimum atomic E-state index is -0.105. The van der Waals surface area contributed by atoms with Crippen LogP contribution in [0.4, 0.5) is 5.69 Å². The molecule has 0 atom stereocenters. The van der Waals surface area contributed by atoms with Crippen molar-refractivity contribution in [3.8, 4) is 0 Å². The second-order valence-corrected chi connectivity index (χ2v) is 4.03.